The van der Waals surface area contributed by atoms with E-state index in [-0.39, 0.29) is 12.7 Å². The molecule has 2 rings (SSSR count). The van der Waals surface area contributed by atoms with E-state index in [1.807, 2.05) is 61.5 Å². The van der Waals surface area contributed by atoms with Crippen LogP contribution in [0.1, 0.15) is 44.6 Å². The Morgan fingerprint density at radius 3 is 2.29 bits per heavy atom. The zero-order valence-electron chi connectivity index (χ0n) is 16.4. The maximum absolute atomic E-state index is 10.7. The summed E-state index contributed by atoms with van der Waals surface area (Å²) in [6.07, 6.45) is 2.25. The second kappa shape index (κ2) is 11.2. The molecule has 0 aliphatic heterocycles. The van der Waals surface area contributed by atoms with Crippen LogP contribution in [0.2, 0.25) is 0 Å². The number of hydrogen-bond acceptors (Lipinski definition) is 4. The Morgan fingerprint density at radius 2 is 1.68 bits per heavy atom. The molecule has 0 aliphatic rings. The zero-order chi connectivity index (χ0) is 20.4. The predicted octanol–water partition coefficient (Wildman–Crippen LogP) is 4.92. The number of hydrogen-bond donors (Lipinski definition) is 2. The minimum absolute atomic E-state index is 0.0564. The lowest BCUT2D eigenvalue weighted by atomic mass is 9.92. The molecule has 154 valence electrons. The average molecular weight is 408 g/mol. The van der Waals surface area contributed by atoms with Crippen LogP contribution in [0, 0.1) is 0 Å². The van der Waals surface area contributed by atoms with Crippen LogP contribution in [0.4, 0.5) is 0 Å². The van der Waals surface area contributed by atoms with Gasteiger partial charge in [0.05, 0.1) is 6.61 Å². The average Bonchev–Trinajstić information content (AvgIpc) is 2.67. The van der Waals surface area contributed by atoms with Gasteiger partial charge in [-0.05, 0) is 61.9 Å². The summed E-state index contributed by atoms with van der Waals surface area (Å²) < 4.78 is 26.8. The highest BCUT2D eigenvalue weighted by Crippen LogP contribution is 2.36. The van der Waals surface area contributed by atoms with Crippen molar-refractivity contribution < 1.29 is 28.3 Å². The third kappa shape index (κ3) is 8.44. The van der Waals surface area contributed by atoms with E-state index in [9.17, 15) is 4.57 Å². The molecule has 0 radical (unpaired) electrons. The summed E-state index contributed by atoms with van der Waals surface area (Å²) in [5, 5.41) is 0. The molecule has 2 aromatic carbocycles. The van der Waals surface area contributed by atoms with E-state index in [4.69, 9.17) is 19.3 Å². The van der Waals surface area contributed by atoms with Crippen molar-refractivity contribution in [2.75, 3.05) is 13.2 Å². The van der Waals surface area contributed by atoms with Gasteiger partial charge >= 0.3 is 7.82 Å². The number of para-hydroxylation sites is 1. The Morgan fingerprint density at radius 1 is 1.00 bits per heavy atom. The molecular formula is C21H29O6P. The molecule has 6 nitrogen and oxygen atoms in total. The van der Waals surface area contributed by atoms with Gasteiger partial charge in [0.1, 0.15) is 24.2 Å². The van der Waals surface area contributed by atoms with Gasteiger partial charge in [-0.25, -0.2) is 4.57 Å². The highest BCUT2D eigenvalue weighted by Gasteiger charge is 2.15. The van der Waals surface area contributed by atoms with Crippen molar-refractivity contribution in [2.24, 2.45) is 0 Å². The first-order valence-electron chi connectivity index (χ1n) is 9.52. The van der Waals surface area contributed by atoms with Crippen molar-refractivity contribution in [2.45, 2.75) is 45.1 Å². The zero-order valence-corrected chi connectivity index (χ0v) is 17.3. The van der Waals surface area contributed by atoms with E-state index in [0.29, 0.717) is 18.9 Å². The van der Waals surface area contributed by atoms with E-state index in [1.54, 1.807) is 0 Å². The second-order valence-corrected chi connectivity index (χ2v) is 7.93. The van der Waals surface area contributed by atoms with Gasteiger partial charge in [0, 0.05) is 0 Å². The third-order valence-corrected chi connectivity index (χ3v) is 4.88. The maximum atomic E-state index is 10.7. The summed E-state index contributed by atoms with van der Waals surface area (Å²) in [7, 11) is -4.38. The summed E-state index contributed by atoms with van der Waals surface area (Å²) in [6, 6.07) is 17.6. The second-order valence-electron chi connectivity index (χ2n) is 6.69. The van der Waals surface area contributed by atoms with Crippen LogP contribution in [0.3, 0.4) is 0 Å². The number of rotatable bonds is 12. The molecule has 2 unspecified atom stereocenters. The molecule has 0 aliphatic carbocycles. The molecule has 0 saturated carbocycles. The first kappa shape index (κ1) is 22.4. The van der Waals surface area contributed by atoms with E-state index < -0.39 is 7.82 Å². The quantitative estimate of drug-likeness (QED) is 0.383. The van der Waals surface area contributed by atoms with Crippen molar-refractivity contribution in [1.82, 2.24) is 0 Å². The Labute approximate surface area is 166 Å². The topological polar surface area (TPSA) is 85.2 Å². The van der Waals surface area contributed by atoms with Crippen LogP contribution >= 0.6 is 7.82 Å². The molecule has 0 saturated heterocycles. The number of ether oxygens (including phenoxy) is 2. The Bertz CT molecular complexity index is 728. The largest absolute Gasteiger partial charge is 0.490 e. The molecule has 0 fully saturated rings. The number of phosphoric ester groups is 1. The van der Waals surface area contributed by atoms with Gasteiger partial charge in [0.15, 0.2) is 0 Å². The molecule has 7 heteroatoms. The third-order valence-electron chi connectivity index (χ3n) is 4.37. The molecule has 0 amide bonds. The van der Waals surface area contributed by atoms with Crippen LogP contribution < -0.4 is 9.47 Å². The van der Waals surface area contributed by atoms with E-state index in [2.05, 4.69) is 11.4 Å². The van der Waals surface area contributed by atoms with Crippen LogP contribution in [0.15, 0.2) is 54.6 Å². The standard InChI is InChI=1S/C21H29O6P/c1-3-18(8-7-15-26-28(22,23)24)19-11-13-21(14-12-19)27-17(2)16-25-20-9-5-4-6-10-20/h4-6,9-14,17-18H,3,7-8,15-16H2,1-2H3,(H2,22,23,24). The van der Waals surface area contributed by atoms with Gasteiger partial charge in [-0.2, -0.15) is 0 Å². The highest BCUT2D eigenvalue weighted by atomic mass is 31.2. The van der Waals surface area contributed by atoms with Crippen LogP contribution in [-0.4, -0.2) is 29.1 Å². The SMILES string of the molecule is CCC(CCCOP(=O)(O)O)c1ccc(OC(C)COc2ccccc2)cc1. The molecule has 2 aromatic rings. The molecule has 28 heavy (non-hydrogen) atoms. The Kier molecular flexibility index (Phi) is 9.00. The molecule has 0 aromatic heterocycles. The monoisotopic (exact) mass is 408 g/mol. The van der Waals surface area contributed by atoms with E-state index in [0.717, 1.165) is 24.3 Å². The molecule has 2 atom stereocenters. The van der Waals surface area contributed by atoms with Gasteiger partial charge < -0.3 is 19.3 Å². The lowest BCUT2D eigenvalue weighted by Gasteiger charge is -2.18. The first-order chi connectivity index (χ1) is 13.4. The van der Waals surface area contributed by atoms with Crippen LogP contribution in [-0.2, 0) is 9.09 Å². The van der Waals surface area contributed by atoms with Crippen LogP contribution in [0.5, 0.6) is 11.5 Å². The van der Waals surface area contributed by atoms with Crippen molar-refractivity contribution in [3.63, 3.8) is 0 Å². The first-order valence-corrected chi connectivity index (χ1v) is 11.0. The minimum Gasteiger partial charge on any atom is -0.490 e. The van der Waals surface area contributed by atoms with Crippen LogP contribution in [0.25, 0.3) is 0 Å². The number of benzene rings is 2. The molecule has 0 bridgehead atoms. The van der Waals surface area contributed by atoms with Gasteiger partial charge in [0.25, 0.3) is 0 Å². The Hall–Kier alpha value is -1.85. The molecular weight excluding hydrogens is 379 g/mol. The fraction of sp³-hybridized carbons (Fsp3) is 0.429. The highest BCUT2D eigenvalue weighted by molar-refractivity contribution is 7.46. The lowest BCUT2D eigenvalue weighted by molar-refractivity contribution is 0.143. The van der Waals surface area contributed by atoms with Crippen molar-refractivity contribution in [1.29, 1.82) is 0 Å². The molecule has 2 N–H and O–H groups in total. The maximum Gasteiger partial charge on any atom is 0.469 e. The van der Waals surface area contributed by atoms with Gasteiger partial charge in [-0.3, -0.25) is 4.52 Å². The summed E-state index contributed by atoms with van der Waals surface area (Å²) in [4.78, 5) is 17.5. The van der Waals surface area contributed by atoms with Crippen molar-refractivity contribution in [3.05, 3.63) is 60.2 Å². The Balaban J connectivity index is 1.79. The summed E-state index contributed by atoms with van der Waals surface area (Å²) >= 11 is 0. The normalized spacial score (nSPS) is 13.7. The molecule has 0 spiro atoms. The van der Waals surface area contributed by atoms with Gasteiger partial charge in [0.2, 0.25) is 0 Å². The van der Waals surface area contributed by atoms with Gasteiger partial charge in [-0.1, -0.05) is 37.3 Å². The van der Waals surface area contributed by atoms with E-state index >= 15 is 0 Å². The van der Waals surface area contributed by atoms with Gasteiger partial charge in [-0.15, -0.1) is 0 Å². The minimum atomic E-state index is -4.38. The summed E-state index contributed by atoms with van der Waals surface area (Å²) in [6.45, 7) is 4.58. The number of phosphoric acid groups is 1. The summed E-state index contributed by atoms with van der Waals surface area (Å²) in [5.41, 5.74) is 1.18. The lowest BCUT2D eigenvalue weighted by Crippen LogP contribution is -2.21. The smallest absolute Gasteiger partial charge is 0.469 e. The molecule has 0 heterocycles. The summed E-state index contributed by atoms with van der Waals surface area (Å²) in [5.74, 6) is 1.92. The predicted molar refractivity (Wildman–Crippen MR) is 109 cm³/mol. The fourth-order valence-corrected chi connectivity index (χ4v) is 3.30. The van der Waals surface area contributed by atoms with Crippen molar-refractivity contribution in [3.8, 4) is 11.5 Å². The van der Waals surface area contributed by atoms with Crippen molar-refractivity contribution >= 4 is 7.82 Å². The fourth-order valence-electron chi connectivity index (χ4n) is 2.93. The van der Waals surface area contributed by atoms with E-state index in [1.165, 1.54) is 5.56 Å².